The molecule has 0 radical (unpaired) electrons. The largest absolute Gasteiger partial charge is 0.350 e. The molecule has 2 aliphatic rings. The highest BCUT2D eigenvalue weighted by Crippen LogP contribution is 2.25. The Hall–Kier alpha value is -1.43. The van der Waals surface area contributed by atoms with E-state index in [1.54, 1.807) is 0 Å². The SMILES string of the molecule is CCc1ccccc1NC(=O)CN1CCC(C2OCCO2)CC1. The minimum atomic E-state index is -0.0255. The van der Waals surface area contributed by atoms with E-state index in [9.17, 15) is 4.79 Å². The van der Waals surface area contributed by atoms with Crippen molar-refractivity contribution in [1.29, 1.82) is 0 Å². The third-order valence-electron chi connectivity index (χ3n) is 4.70. The first-order valence-electron chi connectivity index (χ1n) is 8.59. The van der Waals surface area contributed by atoms with Crippen LogP contribution in [0.1, 0.15) is 25.3 Å². The van der Waals surface area contributed by atoms with Crippen molar-refractivity contribution in [2.24, 2.45) is 5.92 Å². The Bertz CT molecular complexity index is 521. The number of hydrogen-bond donors (Lipinski definition) is 1. The highest BCUT2D eigenvalue weighted by atomic mass is 16.7. The van der Waals surface area contributed by atoms with E-state index in [0.29, 0.717) is 25.7 Å². The second-order valence-electron chi connectivity index (χ2n) is 6.28. The molecule has 1 amide bonds. The summed E-state index contributed by atoms with van der Waals surface area (Å²) in [5, 5.41) is 3.05. The van der Waals surface area contributed by atoms with Crippen molar-refractivity contribution in [2.45, 2.75) is 32.5 Å². The summed E-state index contributed by atoms with van der Waals surface area (Å²) < 4.78 is 11.2. The van der Waals surface area contributed by atoms with Crippen molar-refractivity contribution < 1.29 is 14.3 Å². The lowest BCUT2D eigenvalue weighted by atomic mass is 9.96. The number of piperidine rings is 1. The number of likely N-dealkylation sites (tertiary alicyclic amines) is 1. The third kappa shape index (κ3) is 4.31. The molecule has 0 atom stereocenters. The van der Waals surface area contributed by atoms with Gasteiger partial charge in [-0.1, -0.05) is 25.1 Å². The summed E-state index contributed by atoms with van der Waals surface area (Å²) in [7, 11) is 0. The molecular formula is C18H26N2O3. The van der Waals surface area contributed by atoms with Gasteiger partial charge in [0, 0.05) is 11.6 Å². The molecule has 1 aromatic carbocycles. The topological polar surface area (TPSA) is 50.8 Å². The quantitative estimate of drug-likeness (QED) is 0.905. The zero-order valence-electron chi connectivity index (χ0n) is 13.8. The van der Waals surface area contributed by atoms with Gasteiger partial charge in [-0.2, -0.15) is 0 Å². The first-order chi connectivity index (χ1) is 11.3. The van der Waals surface area contributed by atoms with Gasteiger partial charge in [0.2, 0.25) is 5.91 Å². The molecule has 5 heteroatoms. The van der Waals surface area contributed by atoms with Gasteiger partial charge < -0.3 is 14.8 Å². The normalized spacial score (nSPS) is 20.7. The summed E-state index contributed by atoms with van der Waals surface area (Å²) in [6, 6.07) is 7.99. The molecule has 2 aliphatic heterocycles. The summed E-state index contributed by atoms with van der Waals surface area (Å²) in [5.74, 6) is 0.537. The van der Waals surface area contributed by atoms with Crippen molar-refractivity contribution in [3.8, 4) is 0 Å². The van der Waals surface area contributed by atoms with E-state index in [1.807, 2.05) is 18.2 Å². The minimum absolute atomic E-state index is 0.0255. The summed E-state index contributed by atoms with van der Waals surface area (Å²) >= 11 is 0. The molecule has 126 valence electrons. The van der Waals surface area contributed by atoms with Crippen LogP contribution < -0.4 is 5.32 Å². The van der Waals surface area contributed by atoms with Gasteiger partial charge in [-0.15, -0.1) is 0 Å². The molecule has 2 fully saturated rings. The lowest BCUT2D eigenvalue weighted by Crippen LogP contribution is -2.41. The number of aryl methyl sites for hydroxylation is 1. The van der Waals surface area contributed by atoms with Crippen molar-refractivity contribution in [3.05, 3.63) is 29.8 Å². The van der Waals surface area contributed by atoms with Gasteiger partial charge in [-0.05, 0) is 44.0 Å². The average Bonchev–Trinajstić information content (AvgIpc) is 3.10. The lowest BCUT2D eigenvalue weighted by molar-refractivity contribution is -0.119. The fraction of sp³-hybridized carbons (Fsp3) is 0.611. The molecule has 0 unspecified atom stereocenters. The maximum atomic E-state index is 12.3. The fourth-order valence-corrected chi connectivity index (χ4v) is 3.38. The van der Waals surface area contributed by atoms with E-state index in [4.69, 9.17) is 9.47 Å². The van der Waals surface area contributed by atoms with Crippen molar-refractivity contribution in [3.63, 3.8) is 0 Å². The van der Waals surface area contributed by atoms with Gasteiger partial charge in [0.05, 0.1) is 19.8 Å². The van der Waals surface area contributed by atoms with Crippen LogP contribution in [0.4, 0.5) is 5.69 Å². The molecule has 5 nitrogen and oxygen atoms in total. The van der Waals surface area contributed by atoms with Gasteiger partial charge in [0.25, 0.3) is 0 Å². The van der Waals surface area contributed by atoms with Gasteiger partial charge in [0.15, 0.2) is 6.29 Å². The number of benzene rings is 1. The number of hydrogen-bond acceptors (Lipinski definition) is 4. The summed E-state index contributed by atoms with van der Waals surface area (Å²) in [5.41, 5.74) is 2.11. The molecule has 1 N–H and O–H groups in total. The number of anilines is 1. The molecule has 1 aromatic rings. The summed E-state index contributed by atoms with van der Waals surface area (Å²) in [6.07, 6.45) is 2.96. The van der Waals surface area contributed by atoms with Crippen molar-refractivity contribution in [1.82, 2.24) is 4.90 Å². The minimum Gasteiger partial charge on any atom is -0.350 e. The highest BCUT2D eigenvalue weighted by Gasteiger charge is 2.30. The number of rotatable bonds is 5. The Kier molecular flexibility index (Phi) is 5.65. The Morgan fingerprint density at radius 2 is 1.91 bits per heavy atom. The smallest absolute Gasteiger partial charge is 0.238 e. The molecule has 0 saturated carbocycles. The number of ether oxygens (including phenoxy) is 2. The van der Waals surface area contributed by atoms with Crippen molar-refractivity contribution in [2.75, 3.05) is 38.2 Å². The van der Waals surface area contributed by atoms with Crippen LogP contribution in [-0.2, 0) is 20.7 Å². The Balaban J connectivity index is 1.45. The molecular weight excluding hydrogens is 292 g/mol. The van der Waals surface area contributed by atoms with Gasteiger partial charge in [-0.25, -0.2) is 0 Å². The van der Waals surface area contributed by atoms with Gasteiger partial charge in [-0.3, -0.25) is 9.69 Å². The molecule has 0 aromatic heterocycles. The van der Waals surface area contributed by atoms with Crippen LogP contribution in [0, 0.1) is 5.92 Å². The Morgan fingerprint density at radius 3 is 2.61 bits per heavy atom. The number of nitrogens with zero attached hydrogens (tertiary/aromatic N) is 1. The Labute approximate surface area is 137 Å². The number of amides is 1. The van der Waals surface area contributed by atoms with Crippen LogP contribution in [0.25, 0.3) is 0 Å². The van der Waals surface area contributed by atoms with E-state index in [0.717, 1.165) is 38.0 Å². The summed E-state index contributed by atoms with van der Waals surface area (Å²) in [6.45, 7) is 5.84. The molecule has 2 heterocycles. The zero-order chi connectivity index (χ0) is 16.1. The fourth-order valence-electron chi connectivity index (χ4n) is 3.38. The Morgan fingerprint density at radius 1 is 1.22 bits per heavy atom. The molecule has 2 saturated heterocycles. The van der Waals surface area contributed by atoms with E-state index >= 15 is 0 Å². The molecule has 0 spiro atoms. The molecule has 0 bridgehead atoms. The predicted molar refractivity (Wildman–Crippen MR) is 89.3 cm³/mol. The standard InChI is InChI=1S/C18H26N2O3/c1-2-14-5-3-4-6-16(14)19-17(21)13-20-9-7-15(8-10-20)18-22-11-12-23-18/h3-6,15,18H,2,7-13H2,1H3,(H,19,21). The third-order valence-corrected chi connectivity index (χ3v) is 4.70. The molecule has 0 aliphatic carbocycles. The number of carbonyl (C=O) groups is 1. The lowest BCUT2D eigenvalue weighted by Gasteiger charge is -2.33. The first kappa shape index (κ1) is 16.4. The van der Waals surface area contributed by atoms with Crippen LogP contribution in [-0.4, -0.2) is 49.9 Å². The second kappa shape index (κ2) is 7.90. The van der Waals surface area contributed by atoms with E-state index in [1.165, 1.54) is 5.56 Å². The van der Waals surface area contributed by atoms with Crippen LogP contribution in [0.5, 0.6) is 0 Å². The number of carbonyl (C=O) groups excluding carboxylic acids is 1. The van der Waals surface area contributed by atoms with E-state index in [-0.39, 0.29) is 12.2 Å². The van der Waals surface area contributed by atoms with Crippen LogP contribution in [0.3, 0.4) is 0 Å². The van der Waals surface area contributed by atoms with Gasteiger partial charge in [0.1, 0.15) is 0 Å². The molecule has 23 heavy (non-hydrogen) atoms. The van der Waals surface area contributed by atoms with Crippen LogP contribution in [0.2, 0.25) is 0 Å². The predicted octanol–water partition coefficient (Wildman–Crippen LogP) is 2.27. The van der Waals surface area contributed by atoms with Crippen LogP contribution in [0.15, 0.2) is 24.3 Å². The van der Waals surface area contributed by atoms with Crippen LogP contribution >= 0.6 is 0 Å². The second-order valence-corrected chi connectivity index (χ2v) is 6.28. The van der Waals surface area contributed by atoms with E-state index < -0.39 is 0 Å². The number of nitrogens with one attached hydrogen (secondary N) is 1. The average molecular weight is 318 g/mol. The maximum Gasteiger partial charge on any atom is 0.238 e. The van der Waals surface area contributed by atoms with E-state index in [2.05, 4.69) is 23.2 Å². The van der Waals surface area contributed by atoms with Gasteiger partial charge >= 0.3 is 0 Å². The maximum absolute atomic E-state index is 12.3. The summed E-state index contributed by atoms with van der Waals surface area (Å²) in [4.78, 5) is 14.5. The zero-order valence-corrected chi connectivity index (χ0v) is 13.8. The van der Waals surface area contributed by atoms with Crippen molar-refractivity contribution >= 4 is 11.6 Å². The highest BCUT2D eigenvalue weighted by molar-refractivity contribution is 5.93. The monoisotopic (exact) mass is 318 g/mol. The number of para-hydroxylation sites is 1. The molecule has 3 rings (SSSR count). The first-order valence-corrected chi connectivity index (χ1v) is 8.59.